The molecular formula is C29H23F3N6O3S. The van der Waals surface area contributed by atoms with Crippen molar-refractivity contribution in [2.24, 2.45) is 0 Å². The van der Waals surface area contributed by atoms with Crippen molar-refractivity contribution in [3.63, 3.8) is 0 Å². The molecule has 13 heteroatoms. The fraction of sp³-hybridized carbons (Fsp3) is 0.138. The Morgan fingerprint density at radius 1 is 0.952 bits per heavy atom. The minimum absolute atomic E-state index is 0.0615. The van der Waals surface area contributed by atoms with Crippen LogP contribution in [0.2, 0.25) is 0 Å². The molecule has 214 valence electrons. The lowest BCUT2D eigenvalue weighted by Crippen LogP contribution is -2.46. The molecule has 2 heterocycles. The predicted octanol–water partition coefficient (Wildman–Crippen LogP) is 5.22. The Morgan fingerprint density at radius 3 is 2.36 bits per heavy atom. The monoisotopic (exact) mass is 592 g/mol. The maximum atomic E-state index is 14.2. The fourth-order valence-electron chi connectivity index (χ4n) is 4.31. The van der Waals surface area contributed by atoms with Gasteiger partial charge in [-0.2, -0.15) is 18.0 Å². The van der Waals surface area contributed by atoms with Gasteiger partial charge < -0.3 is 10.4 Å². The molecule has 2 N–H and O–H groups in total. The molecule has 0 bridgehead atoms. The molecule has 2 amide bonds. The lowest BCUT2D eigenvalue weighted by Gasteiger charge is -2.33. The van der Waals surface area contributed by atoms with Crippen LogP contribution in [0.15, 0.2) is 96.4 Å². The number of thiophene rings is 1. The summed E-state index contributed by atoms with van der Waals surface area (Å²) in [5.74, 6) is -1.50. The van der Waals surface area contributed by atoms with E-state index < -0.39 is 41.8 Å². The smallest absolute Gasteiger partial charge is 0.418 e. The number of carbonyl (C=O) groups is 2. The van der Waals surface area contributed by atoms with Gasteiger partial charge in [-0.05, 0) is 52.1 Å². The van der Waals surface area contributed by atoms with Gasteiger partial charge in [0.2, 0.25) is 11.7 Å². The Hall–Kier alpha value is -5.04. The van der Waals surface area contributed by atoms with Crippen molar-refractivity contribution >= 4 is 28.8 Å². The second-order valence-corrected chi connectivity index (χ2v) is 10.0. The molecule has 0 aliphatic rings. The number of aromatic hydroxyl groups is 1. The number of tetrazole rings is 1. The highest BCUT2D eigenvalue weighted by Crippen LogP contribution is 2.40. The number of anilines is 1. The van der Waals surface area contributed by atoms with E-state index in [1.54, 1.807) is 42.5 Å². The van der Waals surface area contributed by atoms with Crippen LogP contribution in [0.5, 0.6) is 5.75 Å². The molecule has 42 heavy (non-hydrogen) atoms. The van der Waals surface area contributed by atoms with Gasteiger partial charge in [0.15, 0.2) is 0 Å². The van der Waals surface area contributed by atoms with E-state index in [1.807, 2.05) is 5.38 Å². The average Bonchev–Trinajstić information content (AvgIpc) is 3.68. The third kappa shape index (κ3) is 6.47. The first-order valence-electron chi connectivity index (χ1n) is 12.6. The first-order valence-corrected chi connectivity index (χ1v) is 13.5. The maximum Gasteiger partial charge on any atom is 0.418 e. The van der Waals surface area contributed by atoms with Crippen LogP contribution in [0.3, 0.4) is 0 Å². The number of aromatic nitrogens is 4. The molecule has 0 aliphatic carbocycles. The number of para-hydroxylation sites is 1. The Balaban J connectivity index is 1.58. The van der Waals surface area contributed by atoms with Gasteiger partial charge in [-0.15, -0.1) is 21.5 Å². The van der Waals surface area contributed by atoms with E-state index in [-0.39, 0.29) is 23.7 Å². The van der Waals surface area contributed by atoms with Crippen molar-refractivity contribution in [3.05, 3.63) is 113 Å². The summed E-state index contributed by atoms with van der Waals surface area (Å²) in [4.78, 5) is 30.2. The Labute approximate surface area is 241 Å². The van der Waals surface area contributed by atoms with Crippen molar-refractivity contribution in [3.8, 4) is 16.5 Å². The minimum atomic E-state index is -4.84. The summed E-state index contributed by atoms with van der Waals surface area (Å²) < 4.78 is 42.7. The minimum Gasteiger partial charge on any atom is -0.508 e. The highest BCUT2D eigenvalue weighted by molar-refractivity contribution is 7.13. The average molecular weight is 593 g/mol. The summed E-state index contributed by atoms with van der Waals surface area (Å²) in [5.41, 5.74) is -0.711. The number of alkyl halides is 3. The van der Waals surface area contributed by atoms with E-state index >= 15 is 0 Å². The van der Waals surface area contributed by atoms with Crippen LogP contribution >= 0.6 is 11.3 Å². The maximum absolute atomic E-state index is 14.2. The van der Waals surface area contributed by atoms with Crippen molar-refractivity contribution in [1.82, 2.24) is 25.5 Å². The molecule has 0 fully saturated rings. The largest absolute Gasteiger partial charge is 0.508 e. The van der Waals surface area contributed by atoms with Gasteiger partial charge in [0.1, 0.15) is 18.3 Å². The number of phenols is 1. The van der Waals surface area contributed by atoms with Crippen LogP contribution in [0, 0.1) is 0 Å². The van der Waals surface area contributed by atoms with Crippen LogP contribution in [0.4, 0.5) is 18.9 Å². The van der Waals surface area contributed by atoms with Crippen molar-refractivity contribution < 1.29 is 27.9 Å². The Bertz CT molecular complexity index is 1660. The molecule has 9 nitrogen and oxygen atoms in total. The lowest BCUT2D eigenvalue weighted by atomic mass is 10.0. The number of hydrogen-bond acceptors (Lipinski definition) is 7. The van der Waals surface area contributed by atoms with Crippen LogP contribution in [-0.2, 0) is 28.9 Å². The van der Waals surface area contributed by atoms with Crippen molar-refractivity contribution in [2.75, 3.05) is 4.90 Å². The standard InChI is InChI=1S/C29H23F3N6O3S/c30-29(31,32)22-9-4-5-10-23(22)38(25(40)18-37-35-27(34-36-37)24-11-6-16-42-24)26(20-12-14-21(39)15-13-20)28(41)33-17-19-7-2-1-3-8-19/h1-16,26,39H,17-18H2,(H,33,41). The van der Waals surface area contributed by atoms with E-state index in [0.29, 0.717) is 4.88 Å². The van der Waals surface area contributed by atoms with Gasteiger partial charge in [0, 0.05) is 6.54 Å². The van der Waals surface area contributed by atoms with Crippen LogP contribution in [-0.4, -0.2) is 37.1 Å². The Morgan fingerprint density at radius 2 is 1.67 bits per heavy atom. The molecule has 0 radical (unpaired) electrons. The number of carbonyl (C=O) groups excluding carboxylic acids is 2. The molecule has 0 aliphatic heterocycles. The van der Waals surface area contributed by atoms with E-state index in [9.17, 15) is 27.9 Å². The number of hydrogen-bond donors (Lipinski definition) is 2. The number of rotatable bonds is 9. The second-order valence-electron chi connectivity index (χ2n) is 9.10. The Kier molecular flexibility index (Phi) is 8.29. The highest BCUT2D eigenvalue weighted by atomic mass is 32.1. The first kappa shape index (κ1) is 28.5. The first-order chi connectivity index (χ1) is 20.2. The van der Waals surface area contributed by atoms with Crippen LogP contribution < -0.4 is 10.2 Å². The molecule has 1 atom stereocenters. The molecule has 1 unspecified atom stereocenters. The summed E-state index contributed by atoms with van der Waals surface area (Å²) >= 11 is 1.35. The zero-order valence-electron chi connectivity index (χ0n) is 21.8. The summed E-state index contributed by atoms with van der Waals surface area (Å²) in [7, 11) is 0. The quantitative estimate of drug-likeness (QED) is 0.243. The number of nitrogens with zero attached hydrogens (tertiary/aromatic N) is 5. The second kappa shape index (κ2) is 12.2. The number of halogens is 3. The number of phenolic OH excluding ortho intramolecular Hbond substituents is 1. The topological polar surface area (TPSA) is 113 Å². The van der Waals surface area contributed by atoms with E-state index in [2.05, 4.69) is 20.7 Å². The summed E-state index contributed by atoms with van der Waals surface area (Å²) in [6.07, 6.45) is -4.84. The van der Waals surface area contributed by atoms with Crippen LogP contribution in [0.1, 0.15) is 22.7 Å². The number of benzene rings is 3. The molecule has 5 aromatic rings. The third-order valence-electron chi connectivity index (χ3n) is 6.23. The fourth-order valence-corrected chi connectivity index (χ4v) is 4.96. The van der Waals surface area contributed by atoms with Gasteiger partial charge in [-0.1, -0.05) is 60.7 Å². The number of nitrogens with one attached hydrogen (secondary N) is 1. The molecule has 0 spiro atoms. The lowest BCUT2D eigenvalue weighted by molar-refractivity contribution is -0.137. The highest BCUT2D eigenvalue weighted by Gasteiger charge is 2.40. The zero-order valence-corrected chi connectivity index (χ0v) is 22.6. The van der Waals surface area contributed by atoms with Gasteiger partial charge in [0.25, 0.3) is 5.91 Å². The van der Waals surface area contributed by atoms with Crippen molar-refractivity contribution in [2.45, 2.75) is 25.3 Å². The third-order valence-corrected chi connectivity index (χ3v) is 7.10. The van der Waals surface area contributed by atoms with Crippen molar-refractivity contribution in [1.29, 1.82) is 0 Å². The zero-order chi connectivity index (χ0) is 29.7. The van der Waals surface area contributed by atoms with E-state index in [0.717, 1.165) is 27.4 Å². The molecular weight excluding hydrogens is 569 g/mol. The van der Waals surface area contributed by atoms with Gasteiger partial charge in [-0.25, -0.2) is 0 Å². The van der Waals surface area contributed by atoms with Gasteiger partial charge in [0.05, 0.1) is 16.1 Å². The van der Waals surface area contributed by atoms with Gasteiger partial charge in [-0.3, -0.25) is 14.5 Å². The molecule has 2 aromatic heterocycles. The molecule has 5 rings (SSSR count). The summed E-state index contributed by atoms with van der Waals surface area (Å²) in [6.45, 7) is -0.545. The number of amides is 2. The summed E-state index contributed by atoms with van der Waals surface area (Å²) in [5, 5.41) is 26.5. The predicted molar refractivity (Wildman–Crippen MR) is 149 cm³/mol. The van der Waals surface area contributed by atoms with Crippen LogP contribution in [0.25, 0.3) is 10.7 Å². The molecule has 0 saturated heterocycles. The molecule has 0 saturated carbocycles. The SMILES string of the molecule is O=C(NCc1ccccc1)C(c1ccc(O)cc1)N(C(=O)Cn1nnc(-c2cccs2)n1)c1ccccc1C(F)(F)F. The molecule has 3 aromatic carbocycles. The summed E-state index contributed by atoms with van der Waals surface area (Å²) in [6, 6.07) is 20.8. The van der Waals surface area contributed by atoms with Gasteiger partial charge >= 0.3 is 6.18 Å². The normalized spacial score (nSPS) is 12.1. The van der Waals surface area contributed by atoms with E-state index in [4.69, 9.17) is 0 Å². The van der Waals surface area contributed by atoms with E-state index in [1.165, 1.54) is 47.7 Å².